The Hall–Kier alpha value is -1.64. The van der Waals surface area contributed by atoms with Crippen molar-refractivity contribution >= 4 is 16.0 Å². The van der Waals surface area contributed by atoms with Crippen molar-refractivity contribution in [3.63, 3.8) is 0 Å². The van der Waals surface area contributed by atoms with Gasteiger partial charge in [-0.1, -0.05) is 32.0 Å². The lowest BCUT2D eigenvalue weighted by Crippen LogP contribution is -2.47. The van der Waals surface area contributed by atoms with Gasteiger partial charge in [0.05, 0.1) is 11.4 Å². The van der Waals surface area contributed by atoms with Crippen LogP contribution in [0.2, 0.25) is 0 Å². The molecule has 1 aliphatic rings. The van der Waals surface area contributed by atoms with E-state index in [4.69, 9.17) is 0 Å². The van der Waals surface area contributed by atoms with Crippen LogP contribution >= 0.6 is 0 Å². The summed E-state index contributed by atoms with van der Waals surface area (Å²) in [6.45, 7) is 11.0. The number of nitrogens with one attached hydrogen (secondary N) is 2. The SMILES string of the molecule is CCNC(=NCc1ccccc1S(=O)(=O)N1CCN(C)CC1)NCCCC(C)C. The molecular weight excluding hydrogens is 386 g/mol. The summed E-state index contributed by atoms with van der Waals surface area (Å²) in [5.74, 6) is 1.41. The van der Waals surface area contributed by atoms with Gasteiger partial charge in [-0.05, 0) is 44.4 Å². The van der Waals surface area contributed by atoms with E-state index in [0.717, 1.165) is 44.1 Å². The molecule has 2 N–H and O–H groups in total. The van der Waals surface area contributed by atoms with Crippen molar-refractivity contribution in [2.75, 3.05) is 46.3 Å². The van der Waals surface area contributed by atoms with Gasteiger partial charge in [0, 0.05) is 39.3 Å². The molecule has 1 aromatic rings. The highest BCUT2D eigenvalue weighted by Crippen LogP contribution is 2.22. The number of piperazine rings is 1. The van der Waals surface area contributed by atoms with Crippen LogP contribution in [0, 0.1) is 5.92 Å². The van der Waals surface area contributed by atoms with Crippen molar-refractivity contribution in [3.8, 4) is 0 Å². The van der Waals surface area contributed by atoms with E-state index in [1.54, 1.807) is 16.4 Å². The van der Waals surface area contributed by atoms with Crippen molar-refractivity contribution in [2.24, 2.45) is 10.9 Å². The van der Waals surface area contributed by atoms with Crippen LogP contribution in [-0.2, 0) is 16.6 Å². The van der Waals surface area contributed by atoms with E-state index in [-0.39, 0.29) is 0 Å². The largest absolute Gasteiger partial charge is 0.357 e. The quantitative estimate of drug-likeness (QED) is 0.361. The topological polar surface area (TPSA) is 77.0 Å². The molecule has 1 heterocycles. The molecule has 29 heavy (non-hydrogen) atoms. The first-order chi connectivity index (χ1) is 13.8. The number of rotatable bonds is 9. The zero-order valence-electron chi connectivity index (χ0n) is 18.3. The maximum Gasteiger partial charge on any atom is 0.243 e. The van der Waals surface area contributed by atoms with E-state index in [9.17, 15) is 8.42 Å². The Kier molecular flexibility index (Phi) is 9.39. The van der Waals surface area contributed by atoms with Crippen LogP contribution in [0.4, 0.5) is 0 Å². The van der Waals surface area contributed by atoms with Gasteiger partial charge in [0.2, 0.25) is 10.0 Å². The second kappa shape index (κ2) is 11.5. The van der Waals surface area contributed by atoms with Crippen molar-refractivity contribution < 1.29 is 8.42 Å². The summed E-state index contributed by atoms with van der Waals surface area (Å²) in [5.41, 5.74) is 0.728. The number of hydrogen-bond donors (Lipinski definition) is 2. The summed E-state index contributed by atoms with van der Waals surface area (Å²) < 4.78 is 28.0. The molecule has 1 aromatic carbocycles. The van der Waals surface area contributed by atoms with E-state index in [1.165, 1.54) is 6.42 Å². The molecule has 0 bridgehead atoms. The molecule has 0 saturated carbocycles. The highest BCUT2D eigenvalue weighted by Gasteiger charge is 2.29. The van der Waals surface area contributed by atoms with Gasteiger partial charge in [-0.3, -0.25) is 0 Å². The Morgan fingerprint density at radius 1 is 1.14 bits per heavy atom. The third-order valence-electron chi connectivity index (χ3n) is 5.06. The minimum atomic E-state index is -3.51. The molecule has 0 radical (unpaired) electrons. The molecule has 1 saturated heterocycles. The summed E-state index contributed by atoms with van der Waals surface area (Å²) in [4.78, 5) is 7.15. The van der Waals surface area contributed by atoms with Crippen LogP contribution < -0.4 is 10.6 Å². The minimum Gasteiger partial charge on any atom is -0.357 e. The second-order valence-electron chi connectivity index (χ2n) is 7.97. The number of sulfonamides is 1. The monoisotopic (exact) mass is 423 g/mol. The fourth-order valence-corrected chi connectivity index (χ4v) is 4.91. The van der Waals surface area contributed by atoms with E-state index < -0.39 is 10.0 Å². The summed E-state index contributed by atoms with van der Waals surface area (Å²) in [6.07, 6.45) is 2.24. The first-order valence-corrected chi connectivity index (χ1v) is 12.1. The van der Waals surface area contributed by atoms with Crippen LogP contribution in [0.3, 0.4) is 0 Å². The van der Waals surface area contributed by atoms with Crippen LogP contribution in [-0.4, -0.2) is 69.9 Å². The van der Waals surface area contributed by atoms with Crippen LogP contribution in [0.25, 0.3) is 0 Å². The lowest BCUT2D eigenvalue weighted by atomic mass is 10.1. The molecule has 0 amide bonds. The molecule has 0 unspecified atom stereocenters. The molecule has 1 aliphatic heterocycles. The van der Waals surface area contributed by atoms with Crippen LogP contribution in [0.1, 0.15) is 39.2 Å². The number of aliphatic imine (C=N–C) groups is 1. The summed E-state index contributed by atoms with van der Waals surface area (Å²) in [7, 11) is -1.49. The van der Waals surface area contributed by atoms with Gasteiger partial charge in [-0.2, -0.15) is 4.31 Å². The smallest absolute Gasteiger partial charge is 0.243 e. The van der Waals surface area contributed by atoms with E-state index >= 15 is 0 Å². The molecule has 0 atom stereocenters. The normalized spacial score (nSPS) is 16.9. The highest BCUT2D eigenvalue weighted by molar-refractivity contribution is 7.89. The number of hydrogen-bond acceptors (Lipinski definition) is 4. The molecule has 0 aromatic heterocycles. The van der Waals surface area contributed by atoms with Crippen LogP contribution in [0.5, 0.6) is 0 Å². The van der Waals surface area contributed by atoms with E-state index in [1.807, 2.05) is 26.1 Å². The standard InChI is InChI=1S/C21H37N5O2S/c1-5-22-21(23-12-8-9-18(2)3)24-17-19-10-6-7-11-20(19)29(27,28)26-15-13-25(4)14-16-26/h6-7,10-11,18H,5,8-9,12-17H2,1-4H3,(H2,22,23,24). The summed E-state index contributed by atoms with van der Waals surface area (Å²) in [6, 6.07) is 7.21. The van der Waals surface area contributed by atoms with Gasteiger partial charge in [-0.25, -0.2) is 13.4 Å². The predicted molar refractivity (Wildman–Crippen MR) is 120 cm³/mol. The average molecular weight is 424 g/mol. The lowest BCUT2D eigenvalue weighted by Gasteiger charge is -2.32. The zero-order chi connectivity index (χ0) is 21.3. The minimum absolute atomic E-state index is 0.322. The second-order valence-corrected chi connectivity index (χ2v) is 9.88. The third kappa shape index (κ3) is 7.28. The first kappa shape index (κ1) is 23.6. The average Bonchev–Trinajstić information content (AvgIpc) is 2.69. The zero-order valence-corrected chi connectivity index (χ0v) is 19.1. The Balaban J connectivity index is 2.11. The number of nitrogens with zero attached hydrogens (tertiary/aromatic N) is 3. The van der Waals surface area contributed by atoms with Crippen molar-refractivity contribution in [1.29, 1.82) is 0 Å². The van der Waals surface area contributed by atoms with Gasteiger partial charge >= 0.3 is 0 Å². The van der Waals surface area contributed by atoms with Crippen molar-refractivity contribution in [2.45, 2.75) is 45.1 Å². The Morgan fingerprint density at radius 2 is 1.83 bits per heavy atom. The Labute approximate surface area is 176 Å². The van der Waals surface area contributed by atoms with E-state index in [0.29, 0.717) is 30.4 Å². The van der Waals surface area contributed by atoms with Gasteiger partial charge in [-0.15, -0.1) is 0 Å². The Bertz CT molecular complexity index is 756. The molecular formula is C21H37N5O2S. The van der Waals surface area contributed by atoms with Gasteiger partial charge in [0.25, 0.3) is 0 Å². The first-order valence-electron chi connectivity index (χ1n) is 10.6. The van der Waals surface area contributed by atoms with Gasteiger partial charge in [0.1, 0.15) is 0 Å². The fourth-order valence-electron chi connectivity index (χ4n) is 3.28. The van der Waals surface area contributed by atoms with Crippen molar-refractivity contribution in [1.82, 2.24) is 19.8 Å². The van der Waals surface area contributed by atoms with Crippen molar-refractivity contribution in [3.05, 3.63) is 29.8 Å². The highest BCUT2D eigenvalue weighted by atomic mass is 32.2. The molecule has 8 heteroatoms. The molecule has 2 rings (SSSR count). The molecule has 0 aliphatic carbocycles. The number of likely N-dealkylation sites (N-methyl/N-ethyl adjacent to an activating group) is 1. The number of benzene rings is 1. The molecule has 7 nitrogen and oxygen atoms in total. The number of guanidine groups is 1. The lowest BCUT2D eigenvalue weighted by molar-refractivity contribution is 0.222. The van der Waals surface area contributed by atoms with Gasteiger partial charge < -0.3 is 15.5 Å². The predicted octanol–water partition coefficient (Wildman–Crippen LogP) is 2.11. The fraction of sp³-hybridized carbons (Fsp3) is 0.667. The molecule has 0 spiro atoms. The van der Waals surface area contributed by atoms with E-state index in [2.05, 4.69) is 34.4 Å². The maximum absolute atomic E-state index is 13.2. The van der Waals surface area contributed by atoms with Crippen LogP contribution in [0.15, 0.2) is 34.2 Å². The maximum atomic E-state index is 13.2. The summed E-state index contributed by atoms with van der Waals surface area (Å²) >= 11 is 0. The Morgan fingerprint density at radius 3 is 2.48 bits per heavy atom. The third-order valence-corrected chi connectivity index (χ3v) is 7.05. The molecule has 1 fully saturated rings. The van der Waals surface area contributed by atoms with Gasteiger partial charge in [0.15, 0.2) is 5.96 Å². The summed E-state index contributed by atoms with van der Waals surface area (Å²) in [5, 5.41) is 6.59. The molecule has 164 valence electrons.